The summed E-state index contributed by atoms with van der Waals surface area (Å²) >= 11 is 3.46. The van der Waals surface area contributed by atoms with Gasteiger partial charge in [-0.2, -0.15) is 0 Å². The second-order valence-electron chi connectivity index (χ2n) is 5.00. The number of halogens is 1. The van der Waals surface area contributed by atoms with E-state index in [9.17, 15) is 5.11 Å². The first-order chi connectivity index (χ1) is 7.48. The summed E-state index contributed by atoms with van der Waals surface area (Å²) in [6, 6.07) is 8.66. The largest absolute Gasteiger partial charge is 0.388 e. The van der Waals surface area contributed by atoms with Crippen molar-refractivity contribution >= 4 is 15.9 Å². The first kappa shape index (κ1) is 12.1. The molecule has 1 aliphatic heterocycles. The molecule has 2 unspecified atom stereocenters. The molecule has 0 aliphatic carbocycles. The molecule has 1 saturated heterocycles. The Morgan fingerprint density at radius 1 is 1.56 bits per heavy atom. The van der Waals surface area contributed by atoms with Crippen molar-refractivity contribution < 1.29 is 5.11 Å². The Morgan fingerprint density at radius 2 is 2.31 bits per heavy atom. The number of hydrogen-bond acceptors (Lipinski definition) is 2. The minimum atomic E-state index is -0.561. The Morgan fingerprint density at radius 3 is 2.88 bits per heavy atom. The van der Waals surface area contributed by atoms with Gasteiger partial charge in [-0.3, -0.25) is 0 Å². The third-order valence-electron chi connectivity index (χ3n) is 3.39. The van der Waals surface area contributed by atoms with Crippen molar-refractivity contribution in [3.63, 3.8) is 0 Å². The molecule has 1 N–H and O–H groups in total. The third-order valence-corrected chi connectivity index (χ3v) is 3.89. The van der Waals surface area contributed by atoms with Crippen LogP contribution in [0.25, 0.3) is 0 Å². The molecule has 0 saturated carbocycles. The van der Waals surface area contributed by atoms with Gasteiger partial charge in [-0.25, -0.2) is 0 Å². The minimum Gasteiger partial charge on any atom is -0.388 e. The first-order valence-electron chi connectivity index (χ1n) is 5.66. The Hall–Kier alpha value is -0.380. The number of rotatable bonds is 2. The second kappa shape index (κ2) is 4.47. The second-order valence-corrected chi connectivity index (χ2v) is 5.91. The van der Waals surface area contributed by atoms with E-state index in [0.717, 1.165) is 23.9 Å². The van der Waals surface area contributed by atoms with Gasteiger partial charge in [-0.15, -0.1) is 0 Å². The Kier molecular flexibility index (Phi) is 3.38. The van der Waals surface area contributed by atoms with Crippen LogP contribution in [0.4, 0.5) is 0 Å². The lowest BCUT2D eigenvalue weighted by Crippen LogP contribution is -2.34. The van der Waals surface area contributed by atoms with Crippen LogP contribution in [0.2, 0.25) is 0 Å². The summed E-state index contributed by atoms with van der Waals surface area (Å²) in [6.45, 7) is 2.93. The molecule has 1 fully saturated rings. The number of nitrogens with zero attached hydrogens (tertiary/aromatic N) is 1. The lowest BCUT2D eigenvalue weighted by molar-refractivity contribution is 0.0520. The van der Waals surface area contributed by atoms with Crippen LogP contribution in [0, 0.1) is 0 Å². The lowest BCUT2D eigenvalue weighted by atomic mass is 9.92. The quantitative estimate of drug-likeness (QED) is 0.901. The van der Waals surface area contributed by atoms with Crippen LogP contribution >= 0.6 is 15.9 Å². The van der Waals surface area contributed by atoms with E-state index in [0.29, 0.717) is 6.04 Å². The Labute approximate surface area is 105 Å². The lowest BCUT2D eigenvalue weighted by Gasteiger charge is -2.22. The Balaban J connectivity index is 2.10. The van der Waals surface area contributed by atoms with Crippen LogP contribution in [0.3, 0.4) is 0 Å². The van der Waals surface area contributed by atoms with Gasteiger partial charge in [0, 0.05) is 23.5 Å². The highest BCUT2D eigenvalue weighted by Gasteiger charge is 2.38. The molecular weight excluding hydrogens is 266 g/mol. The molecule has 0 amide bonds. The zero-order valence-corrected chi connectivity index (χ0v) is 11.4. The molecule has 0 radical (unpaired) electrons. The molecule has 1 aromatic carbocycles. The van der Waals surface area contributed by atoms with Gasteiger partial charge in [0.2, 0.25) is 0 Å². The average Bonchev–Trinajstić information content (AvgIpc) is 2.40. The molecule has 1 aromatic rings. The fourth-order valence-electron chi connectivity index (χ4n) is 2.55. The van der Waals surface area contributed by atoms with Gasteiger partial charge in [-0.05, 0) is 38.1 Å². The Bertz CT molecular complexity index is 370. The van der Waals surface area contributed by atoms with Crippen molar-refractivity contribution in [2.45, 2.75) is 31.4 Å². The van der Waals surface area contributed by atoms with Crippen molar-refractivity contribution in [2.24, 2.45) is 0 Å². The van der Waals surface area contributed by atoms with E-state index in [1.807, 2.05) is 12.1 Å². The fraction of sp³-hybridized carbons (Fsp3) is 0.538. The smallest absolute Gasteiger partial charge is 0.0828 e. The van der Waals surface area contributed by atoms with E-state index < -0.39 is 5.60 Å². The van der Waals surface area contributed by atoms with E-state index in [2.05, 4.69) is 46.9 Å². The van der Waals surface area contributed by atoms with Crippen LogP contribution in [-0.2, 0) is 6.42 Å². The van der Waals surface area contributed by atoms with Crippen molar-refractivity contribution in [1.29, 1.82) is 0 Å². The summed E-state index contributed by atoms with van der Waals surface area (Å²) in [6.07, 6.45) is 1.59. The summed E-state index contributed by atoms with van der Waals surface area (Å²) in [5, 5.41) is 10.5. The van der Waals surface area contributed by atoms with Gasteiger partial charge in [0.05, 0.1) is 5.60 Å². The fourth-order valence-corrected chi connectivity index (χ4v) is 2.99. The number of likely N-dealkylation sites (N-methyl/N-ethyl adjacent to an activating group) is 1. The first-order valence-corrected chi connectivity index (χ1v) is 6.45. The number of aliphatic hydroxyl groups is 1. The van der Waals surface area contributed by atoms with E-state index in [4.69, 9.17) is 0 Å². The molecule has 16 heavy (non-hydrogen) atoms. The van der Waals surface area contributed by atoms with E-state index in [-0.39, 0.29) is 0 Å². The maximum absolute atomic E-state index is 10.5. The molecular formula is C13H18BrNO. The standard InChI is InChI=1S/C13H18BrNO/c1-10-7-13(16,9-15(10)2)8-11-4-3-5-12(14)6-11/h3-6,10,16H,7-9H2,1-2H3. The van der Waals surface area contributed by atoms with E-state index in [1.165, 1.54) is 5.56 Å². The molecule has 1 heterocycles. The molecule has 88 valence electrons. The van der Waals surface area contributed by atoms with Gasteiger partial charge < -0.3 is 10.0 Å². The highest BCUT2D eigenvalue weighted by atomic mass is 79.9. The monoisotopic (exact) mass is 283 g/mol. The van der Waals surface area contributed by atoms with Crippen LogP contribution in [0.15, 0.2) is 28.7 Å². The summed E-state index contributed by atoms with van der Waals surface area (Å²) < 4.78 is 1.08. The van der Waals surface area contributed by atoms with Crippen molar-refractivity contribution in [3.8, 4) is 0 Å². The van der Waals surface area contributed by atoms with Crippen LogP contribution in [-0.4, -0.2) is 35.2 Å². The summed E-state index contributed by atoms with van der Waals surface area (Å²) in [5.41, 5.74) is 0.633. The average molecular weight is 284 g/mol. The molecule has 0 aromatic heterocycles. The summed E-state index contributed by atoms with van der Waals surface area (Å²) in [5.74, 6) is 0. The van der Waals surface area contributed by atoms with E-state index >= 15 is 0 Å². The zero-order valence-electron chi connectivity index (χ0n) is 9.78. The number of likely N-dealkylation sites (tertiary alicyclic amines) is 1. The van der Waals surface area contributed by atoms with Crippen molar-refractivity contribution in [1.82, 2.24) is 4.90 Å². The summed E-state index contributed by atoms with van der Waals surface area (Å²) in [7, 11) is 2.07. The zero-order chi connectivity index (χ0) is 11.8. The topological polar surface area (TPSA) is 23.5 Å². The number of hydrogen-bond donors (Lipinski definition) is 1. The summed E-state index contributed by atoms with van der Waals surface area (Å²) in [4.78, 5) is 2.22. The highest BCUT2D eigenvalue weighted by Crippen LogP contribution is 2.29. The molecule has 0 bridgehead atoms. The molecule has 2 atom stereocenters. The molecule has 3 heteroatoms. The van der Waals surface area contributed by atoms with Crippen LogP contribution in [0.1, 0.15) is 18.9 Å². The van der Waals surface area contributed by atoms with Gasteiger partial charge in [0.15, 0.2) is 0 Å². The van der Waals surface area contributed by atoms with Gasteiger partial charge in [0.25, 0.3) is 0 Å². The van der Waals surface area contributed by atoms with Crippen LogP contribution < -0.4 is 0 Å². The highest BCUT2D eigenvalue weighted by molar-refractivity contribution is 9.10. The van der Waals surface area contributed by atoms with Gasteiger partial charge in [0.1, 0.15) is 0 Å². The van der Waals surface area contributed by atoms with Crippen LogP contribution in [0.5, 0.6) is 0 Å². The minimum absolute atomic E-state index is 0.470. The predicted molar refractivity (Wildman–Crippen MR) is 69.5 cm³/mol. The molecule has 2 nitrogen and oxygen atoms in total. The maximum atomic E-state index is 10.5. The SMILES string of the molecule is CC1CC(O)(Cc2cccc(Br)c2)CN1C. The maximum Gasteiger partial charge on any atom is 0.0828 e. The third kappa shape index (κ3) is 2.65. The van der Waals surface area contributed by atoms with Gasteiger partial charge >= 0.3 is 0 Å². The van der Waals surface area contributed by atoms with Gasteiger partial charge in [-0.1, -0.05) is 28.1 Å². The normalized spacial score (nSPS) is 30.9. The van der Waals surface area contributed by atoms with E-state index in [1.54, 1.807) is 0 Å². The predicted octanol–water partition coefficient (Wildman–Crippen LogP) is 2.45. The molecule has 0 spiro atoms. The number of β-amino-alcohol motifs (C(OH)–C–C–N with tert-alkyl or cyclic N) is 1. The molecule has 2 rings (SSSR count). The van der Waals surface area contributed by atoms with Crippen molar-refractivity contribution in [3.05, 3.63) is 34.3 Å². The molecule has 1 aliphatic rings. The number of benzene rings is 1. The van der Waals surface area contributed by atoms with Crippen molar-refractivity contribution in [2.75, 3.05) is 13.6 Å².